The second kappa shape index (κ2) is 3.88. The monoisotopic (exact) mass is 272 g/mol. The van der Waals surface area contributed by atoms with Gasteiger partial charge in [-0.2, -0.15) is 0 Å². The van der Waals surface area contributed by atoms with Crippen molar-refractivity contribution in [3.05, 3.63) is 44.4 Å². The molecule has 0 radical (unpaired) electrons. The Labute approximate surface area is 94.3 Å². The van der Waals surface area contributed by atoms with Crippen LogP contribution in [0.4, 0.5) is 0 Å². The smallest absolute Gasteiger partial charge is 0.146 e. The van der Waals surface area contributed by atoms with Gasteiger partial charge >= 0.3 is 0 Å². The van der Waals surface area contributed by atoms with Crippen LogP contribution in [0.3, 0.4) is 0 Å². The Hall–Kier alpha value is -0.580. The molecule has 0 amide bonds. The number of aryl methyl sites for hydroxylation is 1. The largest absolute Gasteiger partial charge is 0.466 e. The number of aliphatic hydroxyl groups excluding tert-OH is 1. The summed E-state index contributed by atoms with van der Waals surface area (Å²) in [6.07, 6.45) is 0.911. The molecule has 74 valence electrons. The zero-order valence-corrected chi connectivity index (χ0v) is 9.93. The van der Waals surface area contributed by atoms with Crippen LogP contribution in [0.5, 0.6) is 0 Å². The first-order valence-corrected chi connectivity index (χ1v) is 5.76. The van der Waals surface area contributed by atoms with E-state index in [0.717, 1.165) is 14.2 Å². The molecule has 2 aromatic heterocycles. The van der Waals surface area contributed by atoms with Gasteiger partial charge in [-0.15, -0.1) is 11.3 Å². The van der Waals surface area contributed by atoms with Gasteiger partial charge in [0.05, 0.1) is 6.26 Å². The van der Waals surface area contributed by atoms with Crippen LogP contribution in [0.15, 0.2) is 33.4 Å². The summed E-state index contributed by atoms with van der Waals surface area (Å²) in [5, 5.41) is 9.91. The lowest BCUT2D eigenvalue weighted by Crippen LogP contribution is -1.93. The minimum atomic E-state index is -0.653. The van der Waals surface area contributed by atoms with Crippen molar-refractivity contribution in [2.45, 2.75) is 13.0 Å². The molecule has 2 nitrogen and oxygen atoms in total. The first kappa shape index (κ1) is 9.96. The molecule has 0 saturated carbocycles. The van der Waals surface area contributed by atoms with Crippen molar-refractivity contribution in [2.24, 2.45) is 0 Å². The Morgan fingerprint density at radius 2 is 2.36 bits per heavy atom. The molecule has 14 heavy (non-hydrogen) atoms. The van der Waals surface area contributed by atoms with E-state index in [4.69, 9.17) is 4.42 Å². The summed E-state index contributed by atoms with van der Waals surface area (Å²) in [7, 11) is 0. The fraction of sp³-hybridized carbons (Fsp3) is 0.200. The van der Waals surface area contributed by atoms with Crippen LogP contribution in [0.2, 0.25) is 0 Å². The number of hydrogen-bond donors (Lipinski definition) is 1. The fourth-order valence-electron chi connectivity index (χ4n) is 1.20. The summed E-state index contributed by atoms with van der Waals surface area (Å²) in [6.45, 7) is 2.01. The molecule has 0 aliphatic heterocycles. The Kier molecular flexibility index (Phi) is 2.76. The van der Waals surface area contributed by atoms with Gasteiger partial charge < -0.3 is 9.52 Å². The van der Waals surface area contributed by atoms with Gasteiger partial charge in [-0.25, -0.2) is 0 Å². The van der Waals surface area contributed by atoms with Crippen LogP contribution >= 0.6 is 27.3 Å². The molecule has 0 bridgehead atoms. The third-order valence-electron chi connectivity index (χ3n) is 1.96. The van der Waals surface area contributed by atoms with Gasteiger partial charge in [-0.3, -0.25) is 0 Å². The molecule has 0 fully saturated rings. The summed E-state index contributed by atoms with van der Waals surface area (Å²) < 4.78 is 6.17. The maximum absolute atomic E-state index is 9.91. The standard InChI is InChI=1S/C10H9BrO2S/c1-6-7(11)5-9(14-6)10(12)8-3-2-4-13-8/h2-5,10,12H,1H3. The fourth-order valence-corrected chi connectivity index (χ4v) is 2.76. The van der Waals surface area contributed by atoms with Gasteiger partial charge in [-0.05, 0) is 41.1 Å². The summed E-state index contributed by atoms with van der Waals surface area (Å²) in [6, 6.07) is 5.47. The predicted octanol–water partition coefficient (Wildman–Crippen LogP) is 3.49. The predicted molar refractivity (Wildman–Crippen MR) is 59.5 cm³/mol. The topological polar surface area (TPSA) is 33.4 Å². The average molecular weight is 273 g/mol. The molecule has 0 aromatic carbocycles. The average Bonchev–Trinajstić information content (AvgIpc) is 2.76. The molecule has 0 spiro atoms. The van der Waals surface area contributed by atoms with Crippen LogP contribution in [0.1, 0.15) is 21.6 Å². The highest BCUT2D eigenvalue weighted by atomic mass is 79.9. The van der Waals surface area contributed by atoms with Crippen LogP contribution < -0.4 is 0 Å². The molecule has 0 aliphatic carbocycles. The quantitative estimate of drug-likeness (QED) is 0.908. The van der Waals surface area contributed by atoms with Gasteiger partial charge in [0, 0.05) is 14.2 Å². The highest BCUT2D eigenvalue weighted by molar-refractivity contribution is 9.10. The zero-order chi connectivity index (χ0) is 10.1. The van der Waals surface area contributed by atoms with E-state index in [1.807, 2.05) is 13.0 Å². The van der Waals surface area contributed by atoms with Gasteiger partial charge in [0.1, 0.15) is 11.9 Å². The van der Waals surface area contributed by atoms with Gasteiger partial charge in [-0.1, -0.05) is 0 Å². The lowest BCUT2D eigenvalue weighted by atomic mass is 10.2. The van der Waals surface area contributed by atoms with Crippen molar-refractivity contribution in [1.29, 1.82) is 0 Å². The number of hydrogen-bond acceptors (Lipinski definition) is 3. The Balaban J connectivity index is 2.32. The number of furan rings is 1. The van der Waals surface area contributed by atoms with Crippen LogP contribution in [-0.4, -0.2) is 5.11 Å². The van der Waals surface area contributed by atoms with Crippen molar-refractivity contribution in [1.82, 2.24) is 0 Å². The SMILES string of the molecule is Cc1sc(C(O)c2ccco2)cc1Br. The molecular weight excluding hydrogens is 264 g/mol. The maximum Gasteiger partial charge on any atom is 0.146 e. The van der Waals surface area contributed by atoms with E-state index < -0.39 is 6.10 Å². The molecule has 1 atom stereocenters. The van der Waals surface area contributed by atoms with Gasteiger partial charge in [0.2, 0.25) is 0 Å². The van der Waals surface area contributed by atoms with Crippen molar-refractivity contribution < 1.29 is 9.52 Å². The second-order valence-corrected chi connectivity index (χ2v) is 5.11. The maximum atomic E-state index is 9.91. The summed E-state index contributed by atoms with van der Waals surface area (Å²) in [4.78, 5) is 2.05. The number of rotatable bonds is 2. The van der Waals surface area contributed by atoms with Gasteiger partial charge in [0.25, 0.3) is 0 Å². The number of thiophene rings is 1. The minimum absolute atomic E-state index is 0.582. The Morgan fingerprint density at radius 3 is 2.86 bits per heavy atom. The lowest BCUT2D eigenvalue weighted by Gasteiger charge is -2.03. The van der Waals surface area contributed by atoms with E-state index in [1.165, 1.54) is 0 Å². The summed E-state index contributed by atoms with van der Waals surface area (Å²) in [5.41, 5.74) is 0. The second-order valence-electron chi connectivity index (χ2n) is 2.97. The first-order chi connectivity index (χ1) is 6.68. The third-order valence-corrected chi connectivity index (χ3v) is 4.15. The van der Waals surface area contributed by atoms with Crippen molar-refractivity contribution in [2.75, 3.05) is 0 Å². The molecule has 0 saturated heterocycles. The van der Waals surface area contributed by atoms with E-state index in [0.29, 0.717) is 5.76 Å². The lowest BCUT2D eigenvalue weighted by molar-refractivity contribution is 0.193. The zero-order valence-electron chi connectivity index (χ0n) is 7.53. The molecule has 4 heteroatoms. The van der Waals surface area contributed by atoms with Crippen LogP contribution in [0.25, 0.3) is 0 Å². The molecule has 2 heterocycles. The molecule has 2 aromatic rings. The number of halogens is 1. The summed E-state index contributed by atoms with van der Waals surface area (Å²) in [5.74, 6) is 0.582. The normalized spacial score (nSPS) is 13.1. The Morgan fingerprint density at radius 1 is 1.57 bits per heavy atom. The minimum Gasteiger partial charge on any atom is -0.466 e. The van der Waals surface area contributed by atoms with Crippen LogP contribution in [0, 0.1) is 6.92 Å². The molecule has 1 N–H and O–H groups in total. The van der Waals surface area contributed by atoms with E-state index in [2.05, 4.69) is 15.9 Å². The molecular formula is C10H9BrO2S. The summed E-state index contributed by atoms with van der Waals surface area (Å²) >= 11 is 4.98. The van der Waals surface area contributed by atoms with Crippen molar-refractivity contribution >= 4 is 27.3 Å². The molecule has 2 rings (SSSR count). The highest BCUT2D eigenvalue weighted by Gasteiger charge is 2.16. The van der Waals surface area contributed by atoms with Crippen molar-refractivity contribution in [3.63, 3.8) is 0 Å². The van der Waals surface area contributed by atoms with E-state index in [1.54, 1.807) is 29.7 Å². The van der Waals surface area contributed by atoms with E-state index >= 15 is 0 Å². The van der Waals surface area contributed by atoms with Crippen molar-refractivity contribution in [3.8, 4) is 0 Å². The Bertz CT molecular complexity index is 400. The highest BCUT2D eigenvalue weighted by Crippen LogP contribution is 2.33. The van der Waals surface area contributed by atoms with E-state index in [-0.39, 0.29) is 0 Å². The van der Waals surface area contributed by atoms with Gasteiger partial charge in [0.15, 0.2) is 0 Å². The third kappa shape index (κ3) is 1.78. The van der Waals surface area contributed by atoms with Crippen LogP contribution in [-0.2, 0) is 0 Å². The molecule has 1 unspecified atom stereocenters. The molecule has 0 aliphatic rings. The number of aliphatic hydroxyl groups is 1. The first-order valence-electron chi connectivity index (χ1n) is 4.16. The van der Waals surface area contributed by atoms with E-state index in [9.17, 15) is 5.11 Å².